The number of carbonyl (C=O) groups is 1. The number of nitrogens with zero attached hydrogens (tertiary/aromatic N) is 3. The van der Waals surface area contributed by atoms with Crippen molar-refractivity contribution in [1.82, 2.24) is 20.4 Å². The fraction of sp³-hybridized carbons (Fsp3) is 0.900. The lowest BCUT2D eigenvalue weighted by atomic mass is 9.83. The predicted octanol–water partition coefficient (Wildman–Crippen LogP) is 2.06. The highest BCUT2D eigenvalue weighted by atomic mass is 16.2. The number of likely N-dealkylation sites (tertiary alicyclic amines) is 1. The standard InChI is InChI=1S/C20H39N5O/c1-5-19(26)25-13-12-17(15-25)23-20(21-6-2)22-14-18(24(3)4)16-10-8-7-9-11-16/h16-18H,5-15H2,1-4H3,(H2,21,22,23). The lowest BCUT2D eigenvalue weighted by molar-refractivity contribution is -0.129. The molecule has 2 N–H and O–H groups in total. The minimum Gasteiger partial charge on any atom is -0.357 e. The summed E-state index contributed by atoms with van der Waals surface area (Å²) in [5.74, 6) is 1.90. The van der Waals surface area contributed by atoms with Crippen LogP contribution >= 0.6 is 0 Å². The Bertz CT molecular complexity index is 459. The zero-order valence-corrected chi connectivity index (χ0v) is 17.3. The fourth-order valence-corrected chi connectivity index (χ4v) is 4.28. The Morgan fingerprint density at radius 1 is 1.19 bits per heavy atom. The molecule has 6 nitrogen and oxygen atoms in total. The van der Waals surface area contributed by atoms with Crippen molar-refractivity contribution in [2.24, 2.45) is 10.9 Å². The molecule has 6 heteroatoms. The van der Waals surface area contributed by atoms with E-state index in [1.165, 1.54) is 32.1 Å². The second-order valence-electron chi connectivity index (χ2n) is 7.97. The van der Waals surface area contributed by atoms with Crippen molar-refractivity contribution in [3.05, 3.63) is 0 Å². The molecule has 1 aliphatic heterocycles. The Kier molecular flexibility index (Phi) is 8.69. The monoisotopic (exact) mass is 365 g/mol. The molecule has 1 heterocycles. The van der Waals surface area contributed by atoms with Crippen molar-refractivity contribution < 1.29 is 4.79 Å². The van der Waals surface area contributed by atoms with E-state index in [0.29, 0.717) is 18.5 Å². The molecule has 0 aromatic heterocycles. The number of guanidine groups is 1. The number of hydrogen-bond acceptors (Lipinski definition) is 3. The van der Waals surface area contributed by atoms with Gasteiger partial charge < -0.3 is 20.4 Å². The van der Waals surface area contributed by atoms with E-state index in [1.54, 1.807) is 0 Å². The fourth-order valence-electron chi connectivity index (χ4n) is 4.28. The van der Waals surface area contributed by atoms with E-state index in [9.17, 15) is 4.79 Å². The zero-order chi connectivity index (χ0) is 18.9. The van der Waals surface area contributed by atoms with Gasteiger partial charge in [-0.2, -0.15) is 0 Å². The summed E-state index contributed by atoms with van der Waals surface area (Å²) in [7, 11) is 4.36. The van der Waals surface area contributed by atoms with Gasteiger partial charge in [-0.15, -0.1) is 0 Å². The van der Waals surface area contributed by atoms with Gasteiger partial charge in [0, 0.05) is 38.1 Å². The number of aliphatic imine (C=N–C) groups is 1. The maximum absolute atomic E-state index is 11.9. The first-order valence-electron chi connectivity index (χ1n) is 10.5. The molecular weight excluding hydrogens is 326 g/mol. The maximum atomic E-state index is 11.9. The van der Waals surface area contributed by atoms with Gasteiger partial charge in [0.15, 0.2) is 5.96 Å². The average Bonchev–Trinajstić information content (AvgIpc) is 3.10. The van der Waals surface area contributed by atoms with Gasteiger partial charge in [0.25, 0.3) is 0 Å². The second-order valence-corrected chi connectivity index (χ2v) is 7.97. The summed E-state index contributed by atoms with van der Waals surface area (Å²) in [4.78, 5) is 21.1. The number of nitrogens with one attached hydrogen (secondary N) is 2. The van der Waals surface area contributed by atoms with Crippen molar-refractivity contribution in [2.45, 2.75) is 70.9 Å². The minimum atomic E-state index is 0.251. The second kappa shape index (κ2) is 10.8. The lowest BCUT2D eigenvalue weighted by Crippen LogP contribution is -2.46. The lowest BCUT2D eigenvalue weighted by Gasteiger charge is -2.34. The number of likely N-dealkylation sites (N-methyl/N-ethyl adjacent to an activating group) is 1. The van der Waals surface area contributed by atoms with Gasteiger partial charge in [0.1, 0.15) is 0 Å². The van der Waals surface area contributed by atoms with Crippen LogP contribution in [-0.4, -0.2) is 74.0 Å². The first-order chi connectivity index (χ1) is 12.5. The van der Waals surface area contributed by atoms with Gasteiger partial charge >= 0.3 is 0 Å². The maximum Gasteiger partial charge on any atom is 0.222 e. The molecule has 0 radical (unpaired) electrons. The van der Waals surface area contributed by atoms with Gasteiger partial charge in [-0.3, -0.25) is 9.79 Å². The summed E-state index contributed by atoms with van der Waals surface area (Å²) >= 11 is 0. The van der Waals surface area contributed by atoms with Gasteiger partial charge in [0.05, 0.1) is 6.54 Å². The van der Waals surface area contributed by atoms with Crippen molar-refractivity contribution in [3.63, 3.8) is 0 Å². The van der Waals surface area contributed by atoms with E-state index in [0.717, 1.165) is 44.5 Å². The highest BCUT2D eigenvalue weighted by Gasteiger charge is 2.27. The number of carbonyl (C=O) groups excluding carboxylic acids is 1. The third kappa shape index (κ3) is 6.15. The first kappa shape index (κ1) is 21.0. The van der Waals surface area contributed by atoms with E-state index < -0.39 is 0 Å². The number of rotatable bonds is 7. The van der Waals surface area contributed by atoms with Crippen molar-refractivity contribution >= 4 is 11.9 Å². The summed E-state index contributed by atoms with van der Waals surface area (Å²) in [6.07, 6.45) is 8.36. The molecule has 26 heavy (non-hydrogen) atoms. The number of hydrogen-bond donors (Lipinski definition) is 2. The van der Waals surface area contributed by atoms with Gasteiger partial charge in [-0.1, -0.05) is 26.2 Å². The predicted molar refractivity (Wildman–Crippen MR) is 108 cm³/mol. The smallest absolute Gasteiger partial charge is 0.222 e. The Morgan fingerprint density at radius 3 is 2.54 bits per heavy atom. The zero-order valence-electron chi connectivity index (χ0n) is 17.3. The molecule has 2 atom stereocenters. The third-order valence-electron chi connectivity index (χ3n) is 5.82. The van der Waals surface area contributed by atoms with Crippen LogP contribution in [0.25, 0.3) is 0 Å². The van der Waals surface area contributed by atoms with E-state index in [1.807, 2.05) is 11.8 Å². The van der Waals surface area contributed by atoms with Crippen molar-refractivity contribution in [3.8, 4) is 0 Å². The molecule has 1 amide bonds. The molecule has 2 fully saturated rings. The highest BCUT2D eigenvalue weighted by Crippen LogP contribution is 2.28. The first-order valence-corrected chi connectivity index (χ1v) is 10.5. The Hall–Kier alpha value is -1.30. The van der Waals surface area contributed by atoms with E-state index in [4.69, 9.17) is 4.99 Å². The molecule has 1 aliphatic carbocycles. The highest BCUT2D eigenvalue weighted by molar-refractivity contribution is 5.80. The van der Waals surface area contributed by atoms with Crippen LogP contribution in [0.15, 0.2) is 4.99 Å². The molecule has 2 rings (SSSR count). The van der Waals surface area contributed by atoms with Crippen LogP contribution in [0, 0.1) is 5.92 Å². The normalized spacial score (nSPS) is 23.3. The number of amides is 1. The summed E-state index contributed by atoms with van der Waals surface area (Å²) in [6, 6.07) is 0.809. The van der Waals surface area contributed by atoms with Crippen molar-refractivity contribution in [2.75, 3.05) is 40.3 Å². The molecule has 0 aromatic rings. The summed E-state index contributed by atoms with van der Waals surface area (Å²) in [5, 5.41) is 6.93. The van der Waals surface area contributed by atoms with E-state index in [-0.39, 0.29) is 5.91 Å². The molecule has 0 bridgehead atoms. The van der Waals surface area contributed by atoms with Crippen molar-refractivity contribution in [1.29, 1.82) is 0 Å². The molecule has 0 spiro atoms. The van der Waals surface area contributed by atoms with Crippen LogP contribution in [0.1, 0.15) is 58.8 Å². The molecular formula is C20H39N5O. The molecule has 2 unspecified atom stereocenters. The topological polar surface area (TPSA) is 60.0 Å². The molecule has 1 saturated carbocycles. The summed E-state index contributed by atoms with van der Waals surface area (Å²) in [5.41, 5.74) is 0. The molecule has 2 aliphatic rings. The Morgan fingerprint density at radius 2 is 1.92 bits per heavy atom. The van der Waals surface area contributed by atoms with E-state index >= 15 is 0 Å². The van der Waals surface area contributed by atoms with Gasteiger partial charge in [-0.25, -0.2) is 0 Å². The van der Waals surface area contributed by atoms with Gasteiger partial charge in [0.2, 0.25) is 5.91 Å². The van der Waals surface area contributed by atoms with E-state index in [2.05, 4.69) is 36.6 Å². The van der Waals surface area contributed by atoms with Crippen LogP contribution in [0.4, 0.5) is 0 Å². The summed E-state index contributed by atoms with van der Waals surface area (Å²) < 4.78 is 0. The molecule has 150 valence electrons. The average molecular weight is 366 g/mol. The summed E-state index contributed by atoms with van der Waals surface area (Å²) in [6.45, 7) is 7.36. The third-order valence-corrected chi connectivity index (χ3v) is 5.82. The van der Waals surface area contributed by atoms with Crippen LogP contribution < -0.4 is 10.6 Å². The Balaban J connectivity index is 1.93. The van der Waals surface area contributed by atoms with Crippen LogP contribution in [0.5, 0.6) is 0 Å². The Labute approximate surface area is 159 Å². The minimum absolute atomic E-state index is 0.251. The molecule has 0 aromatic carbocycles. The van der Waals surface area contributed by atoms with Gasteiger partial charge in [-0.05, 0) is 46.2 Å². The largest absolute Gasteiger partial charge is 0.357 e. The van der Waals surface area contributed by atoms with Crippen LogP contribution in [-0.2, 0) is 4.79 Å². The van der Waals surface area contributed by atoms with Crippen LogP contribution in [0.3, 0.4) is 0 Å². The quantitative estimate of drug-likeness (QED) is 0.536. The van der Waals surface area contributed by atoms with Crippen LogP contribution in [0.2, 0.25) is 0 Å². The SMILES string of the molecule is CCNC(=NCC(C1CCCCC1)N(C)C)NC1CCN(C(=O)CC)C1. The molecule has 1 saturated heterocycles.